The Labute approximate surface area is 167 Å². The quantitative estimate of drug-likeness (QED) is 0.754. The van der Waals surface area contributed by atoms with Crippen LogP contribution in [0.2, 0.25) is 0 Å². The van der Waals surface area contributed by atoms with Crippen molar-refractivity contribution in [1.82, 2.24) is 4.90 Å². The van der Waals surface area contributed by atoms with Crippen LogP contribution in [-0.4, -0.2) is 51.7 Å². The molecule has 1 amide bonds. The molecule has 0 aliphatic carbocycles. The van der Waals surface area contributed by atoms with Gasteiger partial charge in [0, 0.05) is 43.7 Å². The molecular weight excluding hydrogens is 405 g/mol. The first-order chi connectivity index (χ1) is 13.6. The number of benzene rings is 2. The fourth-order valence-electron chi connectivity index (χ4n) is 3.29. The van der Waals surface area contributed by atoms with Gasteiger partial charge in [0.25, 0.3) is 5.91 Å². The predicted octanol–water partition coefficient (Wildman–Crippen LogP) is 3.46. The lowest BCUT2D eigenvalue weighted by Gasteiger charge is -2.24. The van der Waals surface area contributed by atoms with Crippen LogP contribution in [0.4, 0.5) is 18.9 Å². The van der Waals surface area contributed by atoms with Crippen LogP contribution in [0.5, 0.6) is 0 Å². The van der Waals surface area contributed by atoms with Gasteiger partial charge in [0.05, 0.1) is 10.5 Å². The van der Waals surface area contributed by atoms with Crippen LogP contribution < -0.4 is 4.90 Å². The zero-order chi connectivity index (χ0) is 21.2. The summed E-state index contributed by atoms with van der Waals surface area (Å²) in [4.78, 5) is 16.5. The fourth-order valence-corrected chi connectivity index (χ4v) is 3.92. The van der Waals surface area contributed by atoms with E-state index in [9.17, 15) is 26.4 Å². The summed E-state index contributed by atoms with van der Waals surface area (Å²) in [6.45, 7) is 1.96. The van der Waals surface area contributed by atoms with Crippen molar-refractivity contribution in [3.05, 3.63) is 59.7 Å². The minimum absolute atomic E-state index is 0.0192. The van der Waals surface area contributed by atoms with Gasteiger partial charge in [-0.15, -0.1) is 0 Å². The highest BCUT2D eigenvalue weighted by molar-refractivity contribution is 7.90. The van der Waals surface area contributed by atoms with E-state index in [0.717, 1.165) is 24.1 Å². The number of amides is 1. The topological polar surface area (TPSA) is 57.7 Å². The van der Waals surface area contributed by atoms with E-state index in [1.807, 2.05) is 4.90 Å². The third-order valence-electron chi connectivity index (χ3n) is 4.85. The molecule has 2 aromatic carbocycles. The summed E-state index contributed by atoms with van der Waals surface area (Å²) in [6.07, 6.45) is -2.70. The van der Waals surface area contributed by atoms with E-state index in [-0.39, 0.29) is 10.5 Å². The first kappa shape index (κ1) is 21.2. The molecule has 1 aliphatic rings. The zero-order valence-electron chi connectivity index (χ0n) is 15.8. The van der Waals surface area contributed by atoms with Crippen molar-refractivity contribution in [2.24, 2.45) is 0 Å². The Balaban J connectivity index is 1.71. The highest BCUT2D eigenvalue weighted by Crippen LogP contribution is 2.30. The Bertz CT molecular complexity index is 989. The number of sulfone groups is 1. The van der Waals surface area contributed by atoms with Gasteiger partial charge < -0.3 is 9.80 Å². The Morgan fingerprint density at radius 3 is 2.28 bits per heavy atom. The number of rotatable bonds is 3. The molecule has 156 valence electrons. The molecule has 1 saturated heterocycles. The van der Waals surface area contributed by atoms with Crippen LogP contribution in [0.3, 0.4) is 0 Å². The van der Waals surface area contributed by atoms with Crippen molar-refractivity contribution in [2.45, 2.75) is 17.5 Å². The number of carbonyl (C=O) groups is 1. The van der Waals surface area contributed by atoms with Crippen LogP contribution in [0.15, 0.2) is 53.4 Å². The SMILES string of the molecule is CS(=O)(=O)c1ccc(N2CCCN(C(=O)c3cccc(C(F)(F)F)c3)CC2)cc1. The number of halogens is 3. The summed E-state index contributed by atoms with van der Waals surface area (Å²) < 4.78 is 61.9. The van der Waals surface area contributed by atoms with Crippen molar-refractivity contribution < 1.29 is 26.4 Å². The maximum absolute atomic E-state index is 12.9. The second-order valence-corrected chi connectivity index (χ2v) is 8.99. The minimum atomic E-state index is -4.50. The van der Waals surface area contributed by atoms with Crippen LogP contribution >= 0.6 is 0 Å². The van der Waals surface area contributed by atoms with Gasteiger partial charge in [0.1, 0.15) is 0 Å². The molecule has 0 spiro atoms. The maximum Gasteiger partial charge on any atom is 0.416 e. The molecule has 0 aromatic heterocycles. The average molecular weight is 426 g/mol. The number of nitrogens with zero attached hydrogens (tertiary/aromatic N) is 2. The molecule has 0 atom stereocenters. The van der Waals surface area contributed by atoms with Crippen LogP contribution in [-0.2, 0) is 16.0 Å². The van der Waals surface area contributed by atoms with Crippen molar-refractivity contribution in [1.29, 1.82) is 0 Å². The lowest BCUT2D eigenvalue weighted by atomic mass is 10.1. The smallest absolute Gasteiger partial charge is 0.370 e. The van der Waals surface area contributed by atoms with Gasteiger partial charge in [-0.1, -0.05) is 6.07 Å². The largest absolute Gasteiger partial charge is 0.416 e. The molecular formula is C20H21F3N2O3S. The predicted molar refractivity (Wildman–Crippen MR) is 104 cm³/mol. The van der Waals surface area contributed by atoms with E-state index in [2.05, 4.69) is 0 Å². The van der Waals surface area contributed by atoms with Crippen LogP contribution in [0.1, 0.15) is 22.3 Å². The molecule has 1 heterocycles. The normalized spacial score (nSPS) is 15.9. The minimum Gasteiger partial charge on any atom is -0.370 e. The van der Waals surface area contributed by atoms with E-state index < -0.39 is 27.5 Å². The van der Waals surface area contributed by atoms with Crippen LogP contribution in [0, 0.1) is 0 Å². The lowest BCUT2D eigenvalue weighted by molar-refractivity contribution is -0.137. The Hall–Kier alpha value is -2.55. The average Bonchev–Trinajstić information content (AvgIpc) is 2.92. The Morgan fingerprint density at radius 1 is 0.966 bits per heavy atom. The lowest BCUT2D eigenvalue weighted by Crippen LogP contribution is -2.35. The summed E-state index contributed by atoms with van der Waals surface area (Å²) in [5, 5.41) is 0. The second kappa shape index (κ2) is 8.06. The van der Waals surface area contributed by atoms with E-state index in [1.54, 1.807) is 29.2 Å². The van der Waals surface area contributed by atoms with Gasteiger partial charge in [-0.2, -0.15) is 13.2 Å². The van der Waals surface area contributed by atoms with Crippen molar-refractivity contribution >= 4 is 21.4 Å². The van der Waals surface area contributed by atoms with Gasteiger partial charge in [0.2, 0.25) is 0 Å². The van der Waals surface area contributed by atoms with Crippen molar-refractivity contribution in [3.8, 4) is 0 Å². The molecule has 0 unspecified atom stereocenters. The Morgan fingerprint density at radius 2 is 1.66 bits per heavy atom. The first-order valence-electron chi connectivity index (χ1n) is 9.07. The molecule has 0 N–H and O–H groups in total. The summed E-state index contributed by atoms with van der Waals surface area (Å²) in [6, 6.07) is 11.0. The summed E-state index contributed by atoms with van der Waals surface area (Å²) >= 11 is 0. The third-order valence-corrected chi connectivity index (χ3v) is 5.98. The summed E-state index contributed by atoms with van der Waals surface area (Å²) in [5.74, 6) is -0.426. The van der Waals surface area contributed by atoms with Gasteiger partial charge in [-0.25, -0.2) is 8.42 Å². The molecule has 2 aromatic rings. The molecule has 0 radical (unpaired) electrons. The molecule has 0 bridgehead atoms. The molecule has 3 rings (SSSR count). The van der Waals surface area contributed by atoms with E-state index in [4.69, 9.17) is 0 Å². The highest BCUT2D eigenvalue weighted by Gasteiger charge is 2.31. The van der Waals surface area contributed by atoms with Gasteiger partial charge >= 0.3 is 6.18 Å². The number of hydrogen-bond acceptors (Lipinski definition) is 4. The highest BCUT2D eigenvalue weighted by atomic mass is 32.2. The number of carbonyl (C=O) groups excluding carboxylic acids is 1. The molecule has 9 heteroatoms. The zero-order valence-corrected chi connectivity index (χ0v) is 16.6. The molecule has 29 heavy (non-hydrogen) atoms. The number of hydrogen-bond donors (Lipinski definition) is 0. The standard InChI is InChI=1S/C20H21F3N2O3S/c1-29(27,28)18-8-6-17(7-9-18)24-10-3-11-25(13-12-24)19(26)15-4-2-5-16(14-15)20(21,22)23/h2,4-9,14H,3,10-13H2,1H3. The van der Waals surface area contributed by atoms with E-state index in [0.29, 0.717) is 32.6 Å². The molecule has 0 saturated carbocycles. The molecule has 1 fully saturated rings. The number of alkyl halides is 3. The van der Waals surface area contributed by atoms with Crippen molar-refractivity contribution in [2.75, 3.05) is 37.3 Å². The first-order valence-corrected chi connectivity index (χ1v) is 11.0. The third kappa shape index (κ3) is 5.09. The summed E-state index contributed by atoms with van der Waals surface area (Å²) in [5.41, 5.74) is 0.0160. The second-order valence-electron chi connectivity index (χ2n) is 6.98. The van der Waals surface area contributed by atoms with E-state index >= 15 is 0 Å². The van der Waals surface area contributed by atoms with Crippen molar-refractivity contribution in [3.63, 3.8) is 0 Å². The van der Waals surface area contributed by atoms with Gasteiger partial charge in [0.15, 0.2) is 9.84 Å². The van der Waals surface area contributed by atoms with Gasteiger partial charge in [-0.3, -0.25) is 4.79 Å². The maximum atomic E-state index is 12.9. The van der Waals surface area contributed by atoms with Crippen LogP contribution in [0.25, 0.3) is 0 Å². The van der Waals surface area contributed by atoms with Gasteiger partial charge in [-0.05, 0) is 48.9 Å². The summed E-state index contributed by atoms with van der Waals surface area (Å²) in [7, 11) is -3.27. The fraction of sp³-hybridized carbons (Fsp3) is 0.350. The number of anilines is 1. The molecule has 5 nitrogen and oxygen atoms in total. The Kier molecular flexibility index (Phi) is 5.88. The monoisotopic (exact) mass is 426 g/mol. The van der Waals surface area contributed by atoms with E-state index in [1.165, 1.54) is 12.1 Å². The molecule has 1 aliphatic heterocycles.